The van der Waals surface area contributed by atoms with Gasteiger partial charge in [0.25, 0.3) is 0 Å². The monoisotopic (exact) mass is 285 g/mol. The largest absolute Gasteiger partial charge is 0.466 e. The van der Waals surface area contributed by atoms with Gasteiger partial charge in [0.2, 0.25) is 0 Å². The molecule has 1 N–H and O–H groups in total. The Bertz CT molecular complexity index is 410. The molecule has 1 unspecified atom stereocenters. The molecule has 2 aromatic heterocycles. The number of hydrogen-bond acceptors (Lipinski definition) is 3. The molecule has 0 bridgehead atoms. The van der Waals surface area contributed by atoms with E-state index in [4.69, 9.17) is 4.42 Å². The molecule has 0 aliphatic carbocycles. The second-order valence-electron chi connectivity index (χ2n) is 3.18. The van der Waals surface area contributed by atoms with Crippen molar-refractivity contribution in [2.45, 2.75) is 13.0 Å². The third kappa shape index (κ3) is 2.33. The maximum atomic E-state index is 5.50. The predicted octanol–water partition coefficient (Wildman–Crippen LogP) is 3.80. The summed E-state index contributed by atoms with van der Waals surface area (Å²) in [5.41, 5.74) is 1.25. The van der Waals surface area contributed by atoms with Gasteiger partial charge in [-0.3, -0.25) is 0 Å². The van der Waals surface area contributed by atoms with Crippen LogP contribution in [0.3, 0.4) is 0 Å². The van der Waals surface area contributed by atoms with E-state index in [-0.39, 0.29) is 6.04 Å². The topological polar surface area (TPSA) is 25.2 Å². The Morgan fingerprint density at radius 2 is 2.40 bits per heavy atom. The van der Waals surface area contributed by atoms with Gasteiger partial charge in [0.05, 0.1) is 16.8 Å². The summed E-state index contributed by atoms with van der Waals surface area (Å²) in [4.78, 5) is 0. The number of furan rings is 1. The molecular formula is C11H12BrNOS. The molecule has 0 fully saturated rings. The maximum absolute atomic E-state index is 5.50. The molecular weight excluding hydrogens is 274 g/mol. The van der Waals surface area contributed by atoms with E-state index < -0.39 is 0 Å². The van der Waals surface area contributed by atoms with Crippen LogP contribution < -0.4 is 5.32 Å². The van der Waals surface area contributed by atoms with Crippen molar-refractivity contribution in [3.05, 3.63) is 45.0 Å². The highest BCUT2D eigenvalue weighted by molar-refractivity contribution is 9.10. The van der Waals surface area contributed by atoms with Gasteiger partial charge >= 0.3 is 0 Å². The van der Waals surface area contributed by atoms with Crippen LogP contribution in [0.25, 0.3) is 0 Å². The molecule has 0 amide bonds. The fourth-order valence-corrected chi connectivity index (χ4v) is 2.63. The van der Waals surface area contributed by atoms with Crippen molar-refractivity contribution in [3.8, 4) is 0 Å². The maximum Gasteiger partial charge on any atom is 0.139 e. The summed E-state index contributed by atoms with van der Waals surface area (Å²) in [5.74, 6) is 0.940. The van der Waals surface area contributed by atoms with Crippen LogP contribution in [0.2, 0.25) is 0 Å². The first-order valence-electron chi connectivity index (χ1n) is 4.81. The number of halogens is 1. The zero-order valence-corrected chi connectivity index (χ0v) is 10.8. The summed E-state index contributed by atoms with van der Waals surface area (Å²) in [5, 5.41) is 7.63. The first-order valence-corrected chi connectivity index (χ1v) is 6.55. The minimum absolute atomic E-state index is 0.144. The summed E-state index contributed by atoms with van der Waals surface area (Å²) in [6.45, 7) is 3.00. The first-order chi connectivity index (χ1) is 7.33. The molecule has 2 aromatic rings. The van der Waals surface area contributed by atoms with Crippen LogP contribution in [0.4, 0.5) is 0 Å². The van der Waals surface area contributed by atoms with Crippen LogP contribution in [-0.4, -0.2) is 6.54 Å². The van der Waals surface area contributed by atoms with Crippen molar-refractivity contribution in [2.24, 2.45) is 0 Å². The van der Waals surface area contributed by atoms with E-state index in [0.717, 1.165) is 16.8 Å². The summed E-state index contributed by atoms with van der Waals surface area (Å²) in [6.07, 6.45) is 1.70. The highest BCUT2D eigenvalue weighted by atomic mass is 79.9. The lowest BCUT2D eigenvalue weighted by Gasteiger charge is -2.14. The van der Waals surface area contributed by atoms with Gasteiger partial charge in [0, 0.05) is 0 Å². The SMILES string of the molecule is CCNC(c1ccsc1)c1occc1Br. The lowest BCUT2D eigenvalue weighted by molar-refractivity contribution is 0.450. The molecule has 0 aliphatic heterocycles. The van der Waals surface area contributed by atoms with Gasteiger partial charge in [-0.1, -0.05) is 6.92 Å². The fourth-order valence-electron chi connectivity index (χ4n) is 1.52. The second kappa shape index (κ2) is 4.96. The molecule has 2 rings (SSSR count). The van der Waals surface area contributed by atoms with Crippen molar-refractivity contribution in [3.63, 3.8) is 0 Å². The average Bonchev–Trinajstić information content (AvgIpc) is 2.85. The van der Waals surface area contributed by atoms with Gasteiger partial charge < -0.3 is 9.73 Å². The third-order valence-electron chi connectivity index (χ3n) is 2.19. The van der Waals surface area contributed by atoms with Gasteiger partial charge in [-0.25, -0.2) is 0 Å². The van der Waals surface area contributed by atoms with Gasteiger partial charge in [-0.2, -0.15) is 11.3 Å². The van der Waals surface area contributed by atoms with Crippen LogP contribution in [-0.2, 0) is 0 Å². The van der Waals surface area contributed by atoms with E-state index in [1.165, 1.54) is 5.56 Å². The smallest absolute Gasteiger partial charge is 0.139 e. The van der Waals surface area contributed by atoms with Crippen molar-refractivity contribution in [1.29, 1.82) is 0 Å². The van der Waals surface area contributed by atoms with Crippen molar-refractivity contribution < 1.29 is 4.42 Å². The highest BCUT2D eigenvalue weighted by Crippen LogP contribution is 2.30. The molecule has 4 heteroatoms. The van der Waals surface area contributed by atoms with E-state index >= 15 is 0 Å². The number of thiophene rings is 1. The van der Waals surface area contributed by atoms with E-state index in [0.29, 0.717) is 0 Å². The van der Waals surface area contributed by atoms with E-state index in [1.807, 2.05) is 6.07 Å². The van der Waals surface area contributed by atoms with Crippen LogP contribution in [0.15, 0.2) is 38.0 Å². The minimum Gasteiger partial charge on any atom is -0.466 e. The van der Waals surface area contributed by atoms with Gasteiger partial charge in [-0.15, -0.1) is 0 Å². The van der Waals surface area contributed by atoms with Crippen molar-refractivity contribution in [2.75, 3.05) is 6.54 Å². The van der Waals surface area contributed by atoms with Crippen LogP contribution in [0.5, 0.6) is 0 Å². The molecule has 1 atom stereocenters. The molecule has 0 radical (unpaired) electrons. The zero-order chi connectivity index (χ0) is 10.7. The summed E-state index contributed by atoms with van der Waals surface area (Å²) in [7, 11) is 0. The number of hydrogen-bond donors (Lipinski definition) is 1. The molecule has 15 heavy (non-hydrogen) atoms. The molecule has 80 valence electrons. The Morgan fingerprint density at radius 1 is 1.53 bits per heavy atom. The Balaban J connectivity index is 2.32. The zero-order valence-electron chi connectivity index (χ0n) is 8.37. The van der Waals surface area contributed by atoms with Crippen LogP contribution in [0, 0.1) is 0 Å². The van der Waals surface area contributed by atoms with Gasteiger partial charge in [0.1, 0.15) is 5.76 Å². The van der Waals surface area contributed by atoms with E-state index in [2.05, 4.69) is 45.0 Å². The Morgan fingerprint density at radius 3 is 2.93 bits per heavy atom. The average molecular weight is 286 g/mol. The Labute approximate surface area is 101 Å². The Hall–Kier alpha value is -0.580. The molecule has 0 aromatic carbocycles. The molecule has 2 nitrogen and oxygen atoms in total. The summed E-state index contributed by atoms with van der Waals surface area (Å²) in [6, 6.07) is 4.18. The number of nitrogens with one attached hydrogen (secondary N) is 1. The molecule has 0 saturated carbocycles. The minimum atomic E-state index is 0.144. The quantitative estimate of drug-likeness (QED) is 0.924. The number of rotatable bonds is 4. The predicted molar refractivity (Wildman–Crippen MR) is 66.2 cm³/mol. The van der Waals surface area contributed by atoms with Crippen molar-refractivity contribution >= 4 is 27.3 Å². The van der Waals surface area contributed by atoms with Gasteiger partial charge in [0.15, 0.2) is 0 Å². The van der Waals surface area contributed by atoms with Crippen LogP contribution >= 0.6 is 27.3 Å². The van der Waals surface area contributed by atoms with Crippen molar-refractivity contribution in [1.82, 2.24) is 5.32 Å². The molecule has 0 aliphatic rings. The normalized spacial score (nSPS) is 12.9. The van der Waals surface area contributed by atoms with E-state index in [1.54, 1.807) is 17.6 Å². The second-order valence-corrected chi connectivity index (χ2v) is 4.81. The summed E-state index contributed by atoms with van der Waals surface area (Å²) >= 11 is 5.19. The molecule has 0 saturated heterocycles. The lowest BCUT2D eigenvalue weighted by atomic mass is 10.1. The standard InChI is InChI=1S/C11H12BrNOS/c1-2-13-10(8-4-6-15-7-8)11-9(12)3-5-14-11/h3-7,10,13H,2H2,1H3. The highest BCUT2D eigenvalue weighted by Gasteiger charge is 2.19. The third-order valence-corrected chi connectivity index (χ3v) is 3.55. The molecule has 0 spiro atoms. The molecule has 2 heterocycles. The van der Waals surface area contributed by atoms with E-state index in [9.17, 15) is 0 Å². The lowest BCUT2D eigenvalue weighted by Crippen LogP contribution is -2.21. The Kier molecular flexibility index (Phi) is 3.61. The fraction of sp³-hybridized carbons (Fsp3) is 0.273. The van der Waals surface area contributed by atoms with Gasteiger partial charge in [-0.05, 0) is 50.9 Å². The van der Waals surface area contributed by atoms with Crippen LogP contribution in [0.1, 0.15) is 24.3 Å². The summed E-state index contributed by atoms with van der Waals surface area (Å²) < 4.78 is 6.51. The first kappa shape index (κ1) is 10.9.